The van der Waals surface area contributed by atoms with Crippen molar-refractivity contribution in [3.8, 4) is 5.75 Å². The molecule has 102 valence electrons. The molecular formula is C14H17NO4. The number of rotatable bonds is 5. The third kappa shape index (κ3) is 2.56. The Morgan fingerprint density at radius 2 is 2.11 bits per heavy atom. The van der Waals surface area contributed by atoms with Gasteiger partial charge in [0.25, 0.3) is 0 Å². The quantitative estimate of drug-likeness (QED) is 0.840. The molecule has 0 spiro atoms. The first-order chi connectivity index (χ1) is 9.04. The second kappa shape index (κ2) is 5.32. The fraction of sp³-hybridized carbons (Fsp3) is 0.357. The zero-order valence-electron chi connectivity index (χ0n) is 11.3. The number of methoxy groups -OCH3 is 1. The van der Waals surface area contributed by atoms with Crippen molar-refractivity contribution >= 4 is 16.9 Å². The molecule has 1 heterocycles. The second-order valence-electron chi connectivity index (χ2n) is 4.44. The summed E-state index contributed by atoms with van der Waals surface area (Å²) in [6.07, 6.45) is 1.62. The normalized spacial score (nSPS) is 10.9. The highest BCUT2D eigenvalue weighted by Crippen LogP contribution is 2.29. The average Bonchev–Trinajstić information content (AvgIpc) is 2.67. The summed E-state index contributed by atoms with van der Waals surface area (Å²) in [5.74, 6) is -0.269. The number of fused-ring (bicyclic) bond motifs is 1. The van der Waals surface area contributed by atoms with Crippen LogP contribution >= 0.6 is 0 Å². The van der Waals surface area contributed by atoms with Crippen LogP contribution in [-0.4, -0.2) is 36.0 Å². The van der Waals surface area contributed by atoms with Crippen molar-refractivity contribution in [3.05, 3.63) is 29.5 Å². The van der Waals surface area contributed by atoms with E-state index in [1.54, 1.807) is 19.4 Å². The maximum absolute atomic E-state index is 11.2. The maximum atomic E-state index is 11.2. The lowest BCUT2D eigenvalue weighted by Crippen LogP contribution is -2.04. The summed E-state index contributed by atoms with van der Waals surface area (Å²) in [7, 11) is 3.45. The number of aromatic carboxylic acids is 1. The first-order valence-corrected chi connectivity index (χ1v) is 5.99. The van der Waals surface area contributed by atoms with Crippen molar-refractivity contribution < 1.29 is 19.4 Å². The summed E-state index contributed by atoms with van der Waals surface area (Å²) in [6.45, 7) is 2.88. The summed E-state index contributed by atoms with van der Waals surface area (Å²) < 4.78 is 12.3. The van der Waals surface area contributed by atoms with Gasteiger partial charge in [0.15, 0.2) is 0 Å². The molecule has 1 aromatic heterocycles. The van der Waals surface area contributed by atoms with E-state index in [0.29, 0.717) is 24.3 Å². The average molecular weight is 263 g/mol. The summed E-state index contributed by atoms with van der Waals surface area (Å²) in [5.41, 5.74) is 2.19. The molecule has 0 saturated carbocycles. The fourth-order valence-corrected chi connectivity index (χ4v) is 2.24. The van der Waals surface area contributed by atoms with E-state index in [1.807, 2.05) is 24.6 Å². The molecule has 2 rings (SSSR count). The molecule has 5 nitrogen and oxygen atoms in total. The Morgan fingerprint density at radius 1 is 1.37 bits per heavy atom. The summed E-state index contributed by atoms with van der Waals surface area (Å²) >= 11 is 0. The van der Waals surface area contributed by atoms with Gasteiger partial charge in [-0.25, -0.2) is 4.79 Å². The van der Waals surface area contributed by atoms with E-state index in [1.165, 1.54) is 0 Å². The minimum absolute atomic E-state index is 0.290. The largest absolute Gasteiger partial charge is 0.491 e. The number of carboxylic acids is 1. The van der Waals surface area contributed by atoms with E-state index < -0.39 is 5.97 Å². The van der Waals surface area contributed by atoms with Gasteiger partial charge >= 0.3 is 5.97 Å². The minimum atomic E-state index is -0.931. The number of ether oxygens (including phenoxy) is 2. The van der Waals surface area contributed by atoms with Crippen molar-refractivity contribution in [2.75, 3.05) is 20.3 Å². The Hall–Kier alpha value is -2.01. The van der Waals surface area contributed by atoms with Crippen molar-refractivity contribution in [2.45, 2.75) is 6.92 Å². The first kappa shape index (κ1) is 13.4. The van der Waals surface area contributed by atoms with E-state index in [4.69, 9.17) is 9.47 Å². The fourth-order valence-electron chi connectivity index (χ4n) is 2.24. The molecule has 1 N–H and O–H groups in total. The number of benzene rings is 1. The lowest BCUT2D eigenvalue weighted by molar-refractivity contribution is 0.0699. The van der Waals surface area contributed by atoms with Crippen LogP contribution in [0.2, 0.25) is 0 Å². The lowest BCUT2D eigenvalue weighted by atomic mass is 10.1. The molecule has 19 heavy (non-hydrogen) atoms. The lowest BCUT2D eigenvalue weighted by Gasteiger charge is -2.08. The van der Waals surface area contributed by atoms with Gasteiger partial charge in [-0.1, -0.05) is 0 Å². The van der Waals surface area contributed by atoms with E-state index >= 15 is 0 Å². The van der Waals surface area contributed by atoms with Crippen LogP contribution in [0.25, 0.3) is 10.9 Å². The number of hydrogen-bond donors (Lipinski definition) is 1. The molecule has 0 aliphatic rings. The zero-order chi connectivity index (χ0) is 14.0. The molecule has 2 aromatic rings. The Bertz CT molecular complexity index is 615. The molecule has 0 radical (unpaired) electrons. The Kier molecular flexibility index (Phi) is 3.76. The molecule has 0 unspecified atom stereocenters. The van der Waals surface area contributed by atoms with Crippen LogP contribution in [0.3, 0.4) is 0 Å². The van der Waals surface area contributed by atoms with Gasteiger partial charge in [0.05, 0.1) is 17.7 Å². The molecule has 0 saturated heterocycles. The van der Waals surface area contributed by atoms with Crippen LogP contribution < -0.4 is 4.74 Å². The smallest absolute Gasteiger partial charge is 0.337 e. The first-order valence-electron chi connectivity index (χ1n) is 5.99. The van der Waals surface area contributed by atoms with Gasteiger partial charge in [0, 0.05) is 25.7 Å². The van der Waals surface area contributed by atoms with E-state index in [0.717, 1.165) is 11.1 Å². The van der Waals surface area contributed by atoms with Gasteiger partial charge < -0.3 is 19.1 Å². The molecule has 0 fully saturated rings. The SMILES string of the molecule is COCCOc1cc(C)c2c(c1)c(C(=O)O)cn2C. The summed E-state index contributed by atoms with van der Waals surface area (Å²) in [5, 5.41) is 9.91. The third-order valence-electron chi connectivity index (χ3n) is 3.03. The minimum Gasteiger partial charge on any atom is -0.491 e. The van der Waals surface area contributed by atoms with Crippen molar-refractivity contribution in [1.82, 2.24) is 4.57 Å². The third-order valence-corrected chi connectivity index (χ3v) is 3.03. The maximum Gasteiger partial charge on any atom is 0.337 e. The van der Waals surface area contributed by atoms with Crippen LogP contribution in [0.5, 0.6) is 5.75 Å². The van der Waals surface area contributed by atoms with Crippen molar-refractivity contribution in [2.24, 2.45) is 7.05 Å². The Labute approximate surface area is 111 Å². The topological polar surface area (TPSA) is 60.7 Å². The number of aromatic nitrogens is 1. The van der Waals surface area contributed by atoms with E-state index in [9.17, 15) is 9.90 Å². The van der Waals surface area contributed by atoms with Crippen LogP contribution in [0.1, 0.15) is 15.9 Å². The summed E-state index contributed by atoms with van der Waals surface area (Å²) in [4.78, 5) is 11.2. The van der Waals surface area contributed by atoms with Gasteiger partial charge in [-0.3, -0.25) is 0 Å². The highest BCUT2D eigenvalue weighted by molar-refractivity contribution is 6.04. The molecule has 0 aliphatic heterocycles. The number of hydrogen-bond acceptors (Lipinski definition) is 3. The Morgan fingerprint density at radius 3 is 2.74 bits per heavy atom. The predicted octanol–water partition coefficient (Wildman–Crippen LogP) is 2.21. The van der Waals surface area contributed by atoms with Crippen molar-refractivity contribution in [3.63, 3.8) is 0 Å². The second-order valence-corrected chi connectivity index (χ2v) is 4.44. The van der Waals surface area contributed by atoms with Gasteiger partial charge in [-0.15, -0.1) is 0 Å². The molecular weight excluding hydrogens is 246 g/mol. The number of carboxylic acid groups (broad SMARTS) is 1. The molecule has 1 aromatic carbocycles. The molecule has 0 atom stereocenters. The van der Waals surface area contributed by atoms with Crippen LogP contribution in [0.4, 0.5) is 0 Å². The number of aryl methyl sites for hydroxylation is 2. The summed E-state index contributed by atoms with van der Waals surface area (Å²) in [6, 6.07) is 3.67. The molecule has 0 amide bonds. The highest BCUT2D eigenvalue weighted by atomic mass is 16.5. The predicted molar refractivity (Wildman–Crippen MR) is 72.0 cm³/mol. The van der Waals surface area contributed by atoms with Gasteiger partial charge in [0.2, 0.25) is 0 Å². The zero-order valence-corrected chi connectivity index (χ0v) is 11.3. The van der Waals surface area contributed by atoms with Crippen molar-refractivity contribution in [1.29, 1.82) is 0 Å². The van der Waals surface area contributed by atoms with Gasteiger partial charge in [-0.2, -0.15) is 0 Å². The Balaban J connectivity index is 2.48. The van der Waals surface area contributed by atoms with Crippen LogP contribution in [0.15, 0.2) is 18.3 Å². The molecule has 0 bridgehead atoms. The number of nitrogens with zero attached hydrogens (tertiary/aromatic N) is 1. The molecule has 0 aliphatic carbocycles. The van der Waals surface area contributed by atoms with Crippen LogP contribution in [0, 0.1) is 6.92 Å². The number of carbonyl (C=O) groups is 1. The highest BCUT2D eigenvalue weighted by Gasteiger charge is 2.15. The van der Waals surface area contributed by atoms with Gasteiger partial charge in [0.1, 0.15) is 12.4 Å². The van der Waals surface area contributed by atoms with E-state index in [2.05, 4.69) is 0 Å². The van der Waals surface area contributed by atoms with Crippen LogP contribution in [-0.2, 0) is 11.8 Å². The van der Waals surface area contributed by atoms with E-state index in [-0.39, 0.29) is 5.56 Å². The molecule has 5 heteroatoms. The monoisotopic (exact) mass is 263 g/mol. The van der Waals surface area contributed by atoms with Gasteiger partial charge in [-0.05, 0) is 24.6 Å². The standard InChI is InChI=1S/C14H17NO4/c1-9-6-10(19-5-4-18-3)7-11-12(14(16)17)8-15(2)13(9)11/h6-8H,4-5H2,1-3H3,(H,16,17).